The van der Waals surface area contributed by atoms with Gasteiger partial charge in [-0.2, -0.15) is 0 Å². The highest BCUT2D eigenvalue weighted by Crippen LogP contribution is 2.43. The summed E-state index contributed by atoms with van der Waals surface area (Å²) in [6.07, 6.45) is 3.79. The van der Waals surface area contributed by atoms with E-state index in [9.17, 15) is 0 Å². The number of guanidine groups is 1. The molecule has 0 aromatic heterocycles. The largest absolute Gasteiger partial charge is 0.379 e. The van der Waals surface area contributed by atoms with Crippen LogP contribution >= 0.6 is 24.0 Å². The quantitative estimate of drug-likeness (QED) is 0.354. The van der Waals surface area contributed by atoms with Gasteiger partial charge in [0.05, 0.1) is 19.8 Å². The summed E-state index contributed by atoms with van der Waals surface area (Å²) in [4.78, 5) is 7.44. The van der Waals surface area contributed by atoms with Crippen LogP contribution < -0.4 is 10.6 Å². The molecule has 1 heterocycles. The van der Waals surface area contributed by atoms with Crippen molar-refractivity contribution in [2.45, 2.75) is 44.6 Å². The fourth-order valence-corrected chi connectivity index (χ4v) is 3.90. The predicted molar refractivity (Wildman–Crippen MR) is 123 cm³/mol. The first-order valence-corrected chi connectivity index (χ1v) is 10.1. The molecule has 2 fully saturated rings. The molecule has 5 nitrogen and oxygen atoms in total. The molecule has 152 valence electrons. The molecule has 1 saturated carbocycles. The maximum absolute atomic E-state index is 5.45. The van der Waals surface area contributed by atoms with E-state index < -0.39 is 0 Å². The van der Waals surface area contributed by atoms with Crippen molar-refractivity contribution in [3.05, 3.63) is 35.9 Å². The summed E-state index contributed by atoms with van der Waals surface area (Å²) in [5.41, 5.74) is 1.67. The van der Waals surface area contributed by atoms with Gasteiger partial charge in [0.1, 0.15) is 0 Å². The Balaban J connectivity index is 0.00000261. The Labute approximate surface area is 181 Å². The van der Waals surface area contributed by atoms with E-state index in [-0.39, 0.29) is 29.4 Å². The first-order chi connectivity index (χ1) is 12.7. The first-order valence-electron chi connectivity index (χ1n) is 10.1. The smallest absolute Gasteiger partial charge is 0.191 e. The van der Waals surface area contributed by atoms with Crippen LogP contribution in [0.5, 0.6) is 0 Å². The van der Waals surface area contributed by atoms with Gasteiger partial charge in [-0.1, -0.05) is 36.8 Å². The summed E-state index contributed by atoms with van der Waals surface area (Å²) >= 11 is 0. The normalized spacial score (nSPS) is 20.9. The Hall–Kier alpha value is -0.860. The van der Waals surface area contributed by atoms with Gasteiger partial charge >= 0.3 is 0 Å². The highest BCUT2D eigenvalue weighted by Gasteiger charge is 2.38. The molecule has 27 heavy (non-hydrogen) atoms. The van der Waals surface area contributed by atoms with Crippen molar-refractivity contribution in [1.29, 1.82) is 0 Å². The Bertz CT molecular complexity index is 571. The van der Waals surface area contributed by atoms with Gasteiger partial charge in [-0.15, -0.1) is 24.0 Å². The van der Waals surface area contributed by atoms with Crippen molar-refractivity contribution in [3.63, 3.8) is 0 Å². The molecule has 1 aromatic rings. The standard InChI is InChI=1S/C21H34N4O.HI/c1-3-22-20(23-16-18(2)25-12-14-26-15-13-25)24-17-21(10-7-11-21)19-8-5-4-6-9-19;/h4-6,8-9,18H,3,7,10-17H2,1-2H3,(H2,22,23,24);1H. The lowest BCUT2D eigenvalue weighted by Gasteiger charge is -2.41. The van der Waals surface area contributed by atoms with Crippen molar-refractivity contribution in [1.82, 2.24) is 15.5 Å². The van der Waals surface area contributed by atoms with Gasteiger partial charge in [0.15, 0.2) is 5.96 Å². The minimum atomic E-state index is 0. The van der Waals surface area contributed by atoms with Gasteiger partial charge in [-0.25, -0.2) is 0 Å². The van der Waals surface area contributed by atoms with Crippen LogP contribution in [-0.4, -0.2) is 62.8 Å². The minimum Gasteiger partial charge on any atom is -0.379 e. The molecule has 1 aromatic carbocycles. The number of hydrogen-bond acceptors (Lipinski definition) is 3. The summed E-state index contributed by atoms with van der Waals surface area (Å²) in [6, 6.07) is 11.4. The summed E-state index contributed by atoms with van der Waals surface area (Å²) < 4.78 is 5.45. The summed E-state index contributed by atoms with van der Waals surface area (Å²) in [7, 11) is 0. The van der Waals surface area contributed by atoms with E-state index in [4.69, 9.17) is 9.73 Å². The van der Waals surface area contributed by atoms with E-state index in [1.54, 1.807) is 0 Å². The second-order valence-corrected chi connectivity index (χ2v) is 7.57. The van der Waals surface area contributed by atoms with Crippen LogP contribution in [-0.2, 0) is 10.2 Å². The zero-order valence-electron chi connectivity index (χ0n) is 16.7. The van der Waals surface area contributed by atoms with Gasteiger partial charge in [0.25, 0.3) is 0 Å². The molecule has 0 radical (unpaired) electrons. The Morgan fingerprint density at radius 1 is 1.19 bits per heavy atom. The van der Waals surface area contributed by atoms with Crippen molar-refractivity contribution in [2.75, 3.05) is 45.9 Å². The van der Waals surface area contributed by atoms with E-state index in [0.717, 1.165) is 51.9 Å². The maximum Gasteiger partial charge on any atom is 0.191 e. The highest BCUT2D eigenvalue weighted by atomic mass is 127. The first kappa shape index (κ1) is 22.4. The zero-order chi connectivity index (χ0) is 18.2. The zero-order valence-corrected chi connectivity index (χ0v) is 19.1. The third kappa shape index (κ3) is 6.06. The molecule has 3 rings (SSSR count). The molecule has 0 spiro atoms. The predicted octanol–water partition coefficient (Wildman–Crippen LogP) is 3.00. The number of halogens is 1. The van der Waals surface area contributed by atoms with E-state index in [2.05, 4.69) is 59.7 Å². The Kier molecular flexibility index (Phi) is 9.32. The van der Waals surface area contributed by atoms with Crippen molar-refractivity contribution < 1.29 is 4.74 Å². The van der Waals surface area contributed by atoms with Crippen molar-refractivity contribution in [2.24, 2.45) is 4.99 Å². The number of nitrogens with one attached hydrogen (secondary N) is 2. The van der Waals surface area contributed by atoms with Crippen LogP contribution in [0.4, 0.5) is 0 Å². The molecular formula is C21H35IN4O. The fourth-order valence-electron chi connectivity index (χ4n) is 3.90. The van der Waals surface area contributed by atoms with Crippen LogP contribution in [0.2, 0.25) is 0 Å². The van der Waals surface area contributed by atoms with E-state index >= 15 is 0 Å². The Morgan fingerprint density at radius 3 is 2.48 bits per heavy atom. The summed E-state index contributed by atoms with van der Waals surface area (Å²) in [5, 5.41) is 6.96. The van der Waals surface area contributed by atoms with Crippen molar-refractivity contribution >= 4 is 29.9 Å². The topological polar surface area (TPSA) is 48.9 Å². The van der Waals surface area contributed by atoms with Gasteiger partial charge < -0.3 is 15.4 Å². The minimum absolute atomic E-state index is 0. The lowest BCUT2D eigenvalue weighted by atomic mass is 9.64. The van der Waals surface area contributed by atoms with Crippen LogP contribution in [0, 0.1) is 0 Å². The molecule has 0 amide bonds. The number of nitrogens with zero attached hydrogens (tertiary/aromatic N) is 2. The number of morpholine rings is 1. The molecule has 1 saturated heterocycles. The van der Waals surface area contributed by atoms with Crippen LogP contribution in [0.15, 0.2) is 35.3 Å². The van der Waals surface area contributed by atoms with Gasteiger partial charge in [-0.3, -0.25) is 9.89 Å². The maximum atomic E-state index is 5.45. The number of benzene rings is 1. The second-order valence-electron chi connectivity index (χ2n) is 7.57. The third-order valence-electron chi connectivity index (χ3n) is 5.81. The molecule has 0 bridgehead atoms. The average molecular weight is 486 g/mol. The highest BCUT2D eigenvalue weighted by molar-refractivity contribution is 14.0. The molecule has 6 heteroatoms. The number of aliphatic imine (C=N–C) groups is 1. The molecule has 1 unspecified atom stereocenters. The summed E-state index contributed by atoms with van der Waals surface area (Å²) in [5.74, 6) is 0.940. The van der Waals surface area contributed by atoms with Crippen molar-refractivity contribution in [3.8, 4) is 0 Å². The SMILES string of the molecule is CCNC(=NCC1(c2ccccc2)CCC1)NCC(C)N1CCOCC1.I. The second kappa shape index (κ2) is 11.2. The lowest BCUT2D eigenvalue weighted by Crippen LogP contribution is -2.49. The number of rotatable bonds is 7. The van der Waals surface area contributed by atoms with E-state index in [0.29, 0.717) is 6.04 Å². The lowest BCUT2D eigenvalue weighted by molar-refractivity contribution is 0.0211. The molecule has 1 aliphatic carbocycles. The van der Waals surface area contributed by atoms with Crippen LogP contribution in [0.25, 0.3) is 0 Å². The number of hydrogen-bond donors (Lipinski definition) is 2. The van der Waals surface area contributed by atoms with E-state index in [1.807, 2.05) is 0 Å². The van der Waals surface area contributed by atoms with Crippen LogP contribution in [0.1, 0.15) is 38.7 Å². The van der Waals surface area contributed by atoms with Gasteiger partial charge in [0, 0.05) is 37.6 Å². The van der Waals surface area contributed by atoms with Gasteiger partial charge in [-0.05, 0) is 32.3 Å². The molecule has 1 atom stereocenters. The molecular weight excluding hydrogens is 451 g/mol. The molecule has 2 aliphatic rings. The average Bonchev–Trinajstić information content (AvgIpc) is 2.66. The van der Waals surface area contributed by atoms with Gasteiger partial charge in [0.2, 0.25) is 0 Å². The monoisotopic (exact) mass is 486 g/mol. The number of ether oxygens (including phenoxy) is 1. The fraction of sp³-hybridized carbons (Fsp3) is 0.667. The van der Waals surface area contributed by atoms with E-state index in [1.165, 1.54) is 24.8 Å². The summed E-state index contributed by atoms with van der Waals surface area (Å²) in [6.45, 7) is 10.8. The van der Waals surface area contributed by atoms with Crippen LogP contribution in [0.3, 0.4) is 0 Å². The molecule has 1 aliphatic heterocycles. The third-order valence-corrected chi connectivity index (χ3v) is 5.81. The Morgan fingerprint density at radius 2 is 1.89 bits per heavy atom. The molecule has 2 N–H and O–H groups in total.